The van der Waals surface area contributed by atoms with Gasteiger partial charge in [-0.3, -0.25) is 29.5 Å². The number of ether oxygens (including phenoxy) is 2. The first kappa shape index (κ1) is 34.5. The minimum Gasteiger partial charge on any atom is -0.477 e. The number of anilines is 1. The fraction of sp³-hybridized carbons (Fsp3) is 0.323. The Morgan fingerprint density at radius 3 is 2.58 bits per heavy atom. The molecule has 1 unspecified atom stereocenters. The number of nitro groups is 1. The zero-order valence-electron chi connectivity index (χ0n) is 25.3. The fourth-order valence-corrected chi connectivity index (χ4v) is 8.79. The molecule has 3 aliphatic rings. The van der Waals surface area contributed by atoms with Gasteiger partial charge in [-0.2, -0.15) is 0 Å². The lowest BCUT2D eigenvalue weighted by Crippen LogP contribution is -2.60. The molecule has 0 spiro atoms. The number of rotatable bonds is 12. The molecular formula is C31H30N4O11S2. The van der Waals surface area contributed by atoms with Gasteiger partial charge in [0.25, 0.3) is 5.69 Å². The summed E-state index contributed by atoms with van der Waals surface area (Å²) in [6, 6.07) is 10.4. The zero-order valence-corrected chi connectivity index (χ0v) is 27.0. The molecule has 0 aromatic heterocycles. The van der Waals surface area contributed by atoms with E-state index in [1.165, 1.54) is 54.3 Å². The Bertz CT molecular complexity index is 1700. The van der Waals surface area contributed by atoms with Gasteiger partial charge in [-0.05, 0) is 49.2 Å². The number of esters is 1. The molecule has 252 valence electrons. The van der Waals surface area contributed by atoms with Gasteiger partial charge in [-0.15, -0.1) is 11.8 Å². The van der Waals surface area contributed by atoms with Crippen molar-refractivity contribution in [3.8, 4) is 0 Å². The molecule has 17 heteroatoms. The number of carboxylic acids is 1. The van der Waals surface area contributed by atoms with E-state index in [9.17, 15) is 44.3 Å². The summed E-state index contributed by atoms with van der Waals surface area (Å²) in [4.78, 5) is 76.9. The number of thioether (sulfide) groups is 2. The largest absolute Gasteiger partial charge is 0.477 e. The Labute approximate surface area is 282 Å². The van der Waals surface area contributed by atoms with Crippen molar-refractivity contribution >= 4 is 64.7 Å². The van der Waals surface area contributed by atoms with E-state index in [2.05, 4.69) is 11.9 Å². The van der Waals surface area contributed by atoms with Crippen molar-refractivity contribution in [2.24, 2.45) is 5.92 Å². The number of nitrogens with zero attached hydrogens (tertiary/aromatic N) is 3. The first-order chi connectivity index (χ1) is 22.9. The lowest BCUT2D eigenvalue weighted by atomic mass is 9.92. The maximum atomic E-state index is 13.6. The van der Waals surface area contributed by atoms with Crippen molar-refractivity contribution in [2.75, 3.05) is 18.5 Å². The Hall–Kier alpha value is -4.87. The molecule has 3 N–H and O–H groups in total. The maximum Gasteiger partial charge on any atom is 0.410 e. The quantitative estimate of drug-likeness (QED) is 0.0955. The summed E-state index contributed by atoms with van der Waals surface area (Å²) in [6.07, 6.45) is -0.329. The number of nitrogens with one attached hydrogen (secondary N) is 1. The van der Waals surface area contributed by atoms with E-state index in [0.29, 0.717) is 9.80 Å². The third-order valence-electron chi connectivity index (χ3n) is 7.75. The summed E-state index contributed by atoms with van der Waals surface area (Å²) >= 11 is 2.26. The number of aliphatic hydroxyl groups excluding tert-OH is 1. The van der Waals surface area contributed by atoms with E-state index >= 15 is 0 Å². The number of non-ortho nitro benzene ring substituents is 1. The van der Waals surface area contributed by atoms with Crippen molar-refractivity contribution in [1.82, 2.24) is 9.80 Å². The molecule has 0 saturated carbocycles. The SMILES string of the molecule is C=CCOC(=O)c1cccc(NC(=O)[C@@H]2C[C@H](SC3=C(C(=O)O)N4C(=O)[C@H](C(C)O)[C@H]4S3)CN2C(=O)OCc2ccc([N+](=O)[O-])cc2)c1. The van der Waals surface area contributed by atoms with Crippen LogP contribution < -0.4 is 5.32 Å². The van der Waals surface area contributed by atoms with Crippen molar-refractivity contribution in [2.45, 2.75) is 42.7 Å². The highest BCUT2D eigenvalue weighted by Gasteiger charge is 2.58. The smallest absolute Gasteiger partial charge is 0.410 e. The molecule has 2 saturated heterocycles. The normalized spacial score (nSPS) is 22.0. The van der Waals surface area contributed by atoms with Crippen LogP contribution in [0.2, 0.25) is 0 Å². The maximum absolute atomic E-state index is 13.6. The monoisotopic (exact) mass is 698 g/mol. The second kappa shape index (κ2) is 14.5. The first-order valence-corrected chi connectivity index (χ1v) is 16.3. The second-order valence-electron chi connectivity index (χ2n) is 11.0. The number of fused-ring (bicyclic) bond motifs is 1. The number of amides is 3. The molecule has 15 nitrogen and oxygen atoms in total. The molecule has 0 radical (unpaired) electrons. The van der Waals surface area contributed by atoms with E-state index in [-0.39, 0.29) is 48.8 Å². The standard InChI is InChI=1S/C31H30N4O11S2/c1-3-11-45-29(41)18-5-4-6-19(12-18)32-25(37)22-13-21(14-33(22)31(42)46-15-17-7-9-20(10-8-17)35(43)44)47-30-24(28(39)40)34-26(38)23(16(2)36)27(34)48-30/h3-10,12,16,21-23,27,36H,1,11,13-15H2,2H3,(H,32,37)(H,39,40)/t16?,21-,22-,23-,27+/m0/s1. The number of aliphatic hydroxyl groups is 1. The summed E-state index contributed by atoms with van der Waals surface area (Å²) in [5.41, 5.74) is 0.566. The lowest BCUT2D eigenvalue weighted by molar-refractivity contribution is -0.384. The van der Waals surface area contributed by atoms with Gasteiger partial charge in [0.1, 0.15) is 24.6 Å². The van der Waals surface area contributed by atoms with Gasteiger partial charge in [0.2, 0.25) is 11.8 Å². The van der Waals surface area contributed by atoms with Crippen LogP contribution in [0.1, 0.15) is 29.3 Å². The molecule has 0 bridgehead atoms. The minimum absolute atomic E-state index is 0.00183. The van der Waals surface area contributed by atoms with Crippen LogP contribution in [-0.2, 0) is 30.5 Å². The molecule has 2 aromatic rings. The average molecular weight is 699 g/mol. The van der Waals surface area contributed by atoms with Gasteiger partial charge in [0.15, 0.2) is 5.70 Å². The third-order valence-corrected chi connectivity index (χ3v) is 10.6. The molecule has 5 atom stereocenters. The van der Waals surface area contributed by atoms with Crippen LogP contribution in [0.4, 0.5) is 16.2 Å². The van der Waals surface area contributed by atoms with Crippen LogP contribution >= 0.6 is 23.5 Å². The Morgan fingerprint density at radius 1 is 1.21 bits per heavy atom. The minimum atomic E-state index is -1.32. The number of carboxylic acid groups (broad SMARTS) is 1. The number of carbonyl (C=O) groups is 5. The van der Waals surface area contributed by atoms with Gasteiger partial charge in [-0.1, -0.05) is 30.5 Å². The Morgan fingerprint density at radius 2 is 1.94 bits per heavy atom. The molecular weight excluding hydrogens is 668 g/mol. The number of likely N-dealkylation sites (tertiary alicyclic amines) is 1. The molecule has 3 aliphatic heterocycles. The van der Waals surface area contributed by atoms with Gasteiger partial charge < -0.3 is 25.0 Å². The molecule has 48 heavy (non-hydrogen) atoms. The van der Waals surface area contributed by atoms with Crippen LogP contribution in [0.15, 0.2) is 71.1 Å². The van der Waals surface area contributed by atoms with Gasteiger partial charge in [0.05, 0.1) is 26.7 Å². The number of nitro benzene ring substituents is 1. The van der Waals surface area contributed by atoms with Crippen LogP contribution in [0, 0.1) is 16.0 Å². The average Bonchev–Trinajstić information content (AvgIpc) is 3.62. The van der Waals surface area contributed by atoms with E-state index in [0.717, 1.165) is 28.4 Å². The van der Waals surface area contributed by atoms with Crippen LogP contribution in [0.25, 0.3) is 0 Å². The highest BCUT2D eigenvalue weighted by Crippen LogP contribution is 2.55. The van der Waals surface area contributed by atoms with Gasteiger partial charge in [-0.25, -0.2) is 14.4 Å². The predicted octanol–water partition coefficient (Wildman–Crippen LogP) is 3.55. The number of aliphatic carboxylic acids is 1. The van der Waals surface area contributed by atoms with Crippen molar-refractivity contribution in [3.05, 3.63) is 92.4 Å². The van der Waals surface area contributed by atoms with Crippen LogP contribution in [-0.4, -0.2) is 90.7 Å². The van der Waals surface area contributed by atoms with Gasteiger partial charge in [0, 0.05) is 29.6 Å². The van der Waals surface area contributed by atoms with Crippen LogP contribution in [0.5, 0.6) is 0 Å². The third kappa shape index (κ3) is 7.17. The van der Waals surface area contributed by atoms with Crippen LogP contribution in [0.3, 0.4) is 0 Å². The van der Waals surface area contributed by atoms with E-state index < -0.39 is 63.5 Å². The highest BCUT2D eigenvalue weighted by molar-refractivity contribution is 8.23. The number of carbonyl (C=O) groups excluding carboxylic acids is 4. The Balaban J connectivity index is 1.34. The summed E-state index contributed by atoms with van der Waals surface area (Å²) in [5, 5.41) is 32.6. The van der Waals surface area contributed by atoms with E-state index in [4.69, 9.17) is 9.47 Å². The zero-order chi connectivity index (χ0) is 34.7. The molecule has 3 amide bonds. The molecule has 2 aromatic carbocycles. The highest BCUT2D eigenvalue weighted by atomic mass is 32.2. The van der Waals surface area contributed by atoms with E-state index in [1.54, 1.807) is 12.1 Å². The van der Waals surface area contributed by atoms with E-state index in [1.807, 2.05) is 0 Å². The topological polar surface area (TPSA) is 206 Å². The molecule has 0 aliphatic carbocycles. The van der Waals surface area contributed by atoms with Crippen molar-refractivity contribution in [3.63, 3.8) is 0 Å². The number of hydrogen-bond donors (Lipinski definition) is 3. The molecule has 2 fully saturated rings. The van der Waals surface area contributed by atoms with Crippen molar-refractivity contribution < 1.29 is 48.6 Å². The fourth-order valence-electron chi connectivity index (χ4n) is 5.43. The lowest BCUT2D eigenvalue weighted by Gasteiger charge is -2.43. The summed E-state index contributed by atoms with van der Waals surface area (Å²) < 4.78 is 10.8. The first-order valence-electron chi connectivity index (χ1n) is 14.6. The summed E-state index contributed by atoms with van der Waals surface area (Å²) in [7, 11) is 0. The number of benzene rings is 2. The van der Waals surface area contributed by atoms with Crippen molar-refractivity contribution in [1.29, 1.82) is 0 Å². The molecule has 5 rings (SSSR count). The molecule has 3 heterocycles. The second-order valence-corrected chi connectivity index (χ2v) is 13.7. The number of β-lactam (4-membered cyclic amide) rings is 1. The van der Waals surface area contributed by atoms with Gasteiger partial charge >= 0.3 is 18.0 Å². The summed E-state index contributed by atoms with van der Waals surface area (Å²) in [6.45, 7) is 4.70. The summed E-state index contributed by atoms with van der Waals surface area (Å²) in [5.74, 6) is -3.80. The predicted molar refractivity (Wildman–Crippen MR) is 173 cm³/mol. The Kier molecular flexibility index (Phi) is 10.4. The number of hydrogen-bond acceptors (Lipinski definition) is 12.